The number of aliphatic carboxylic acids is 1. The van der Waals surface area contributed by atoms with E-state index in [9.17, 15) is 9.59 Å². The van der Waals surface area contributed by atoms with Crippen molar-refractivity contribution < 1.29 is 14.7 Å². The highest BCUT2D eigenvalue weighted by atomic mass is 16.4. The molecule has 0 aliphatic carbocycles. The highest BCUT2D eigenvalue weighted by molar-refractivity contribution is 5.85. The van der Waals surface area contributed by atoms with E-state index in [1.54, 1.807) is 13.8 Å². The van der Waals surface area contributed by atoms with E-state index >= 15 is 0 Å². The summed E-state index contributed by atoms with van der Waals surface area (Å²) >= 11 is 0. The SMILES string of the molecule is CCCCCC(=O)C(C)C(C)C(=O)O. The zero-order valence-electron chi connectivity index (χ0n) is 9.25. The van der Waals surface area contributed by atoms with Crippen molar-refractivity contribution in [1.82, 2.24) is 0 Å². The molecule has 14 heavy (non-hydrogen) atoms. The Bertz CT molecular complexity index is 199. The number of hydrogen-bond donors (Lipinski definition) is 1. The number of ketones is 1. The summed E-state index contributed by atoms with van der Waals surface area (Å²) in [5.41, 5.74) is 0. The molecule has 0 aromatic carbocycles. The topological polar surface area (TPSA) is 54.4 Å². The molecule has 0 aromatic heterocycles. The number of hydrogen-bond acceptors (Lipinski definition) is 2. The minimum Gasteiger partial charge on any atom is -0.481 e. The molecular weight excluding hydrogens is 180 g/mol. The number of unbranched alkanes of at least 4 members (excludes halogenated alkanes) is 2. The van der Waals surface area contributed by atoms with Crippen molar-refractivity contribution in [2.24, 2.45) is 11.8 Å². The number of carbonyl (C=O) groups is 2. The van der Waals surface area contributed by atoms with Gasteiger partial charge in [0.2, 0.25) is 0 Å². The molecule has 1 N–H and O–H groups in total. The first kappa shape index (κ1) is 13.1. The van der Waals surface area contributed by atoms with Gasteiger partial charge in [-0.05, 0) is 6.42 Å². The van der Waals surface area contributed by atoms with Gasteiger partial charge in [0.1, 0.15) is 5.78 Å². The maximum atomic E-state index is 11.5. The molecule has 0 saturated carbocycles. The van der Waals surface area contributed by atoms with Crippen molar-refractivity contribution in [2.75, 3.05) is 0 Å². The van der Waals surface area contributed by atoms with Crippen LogP contribution in [0.2, 0.25) is 0 Å². The maximum Gasteiger partial charge on any atom is 0.306 e. The summed E-state index contributed by atoms with van der Waals surface area (Å²) in [4.78, 5) is 22.1. The molecule has 0 aromatic rings. The Labute approximate surface area is 85.5 Å². The normalized spacial score (nSPS) is 14.8. The third-order valence-electron chi connectivity index (χ3n) is 2.67. The number of carboxylic acid groups (broad SMARTS) is 1. The van der Waals surface area contributed by atoms with Gasteiger partial charge in [-0.2, -0.15) is 0 Å². The quantitative estimate of drug-likeness (QED) is 0.642. The molecule has 0 heterocycles. The Hall–Kier alpha value is -0.860. The van der Waals surface area contributed by atoms with Gasteiger partial charge < -0.3 is 5.11 Å². The molecule has 2 unspecified atom stereocenters. The van der Waals surface area contributed by atoms with E-state index < -0.39 is 11.9 Å². The lowest BCUT2D eigenvalue weighted by molar-refractivity contribution is -0.145. The van der Waals surface area contributed by atoms with Crippen LogP contribution in [0.25, 0.3) is 0 Å². The van der Waals surface area contributed by atoms with E-state index in [4.69, 9.17) is 5.11 Å². The number of carbonyl (C=O) groups excluding carboxylic acids is 1. The lowest BCUT2D eigenvalue weighted by Gasteiger charge is -2.14. The van der Waals surface area contributed by atoms with Crippen molar-refractivity contribution in [1.29, 1.82) is 0 Å². The molecule has 3 heteroatoms. The van der Waals surface area contributed by atoms with Gasteiger partial charge in [0, 0.05) is 12.3 Å². The van der Waals surface area contributed by atoms with Crippen molar-refractivity contribution in [2.45, 2.75) is 46.5 Å². The first-order valence-corrected chi connectivity index (χ1v) is 5.26. The second-order valence-electron chi connectivity index (χ2n) is 3.84. The van der Waals surface area contributed by atoms with Gasteiger partial charge >= 0.3 is 5.97 Å². The molecule has 82 valence electrons. The van der Waals surface area contributed by atoms with Gasteiger partial charge in [-0.3, -0.25) is 9.59 Å². The number of carboxylic acids is 1. The fraction of sp³-hybridized carbons (Fsp3) is 0.818. The first-order chi connectivity index (χ1) is 6.50. The highest BCUT2D eigenvalue weighted by Gasteiger charge is 2.24. The van der Waals surface area contributed by atoms with Crippen LogP contribution in [0.5, 0.6) is 0 Å². The Kier molecular flexibility index (Phi) is 6.17. The van der Waals surface area contributed by atoms with Gasteiger partial charge in [0.25, 0.3) is 0 Å². The monoisotopic (exact) mass is 200 g/mol. The van der Waals surface area contributed by atoms with Crippen LogP contribution in [0.4, 0.5) is 0 Å². The van der Waals surface area contributed by atoms with Crippen LogP contribution < -0.4 is 0 Å². The van der Waals surface area contributed by atoms with Crippen LogP contribution in [0.1, 0.15) is 46.5 Å². The van der Waals surface area contributed by atoms with Crippen LogP contribution in [-0.2, 0) is 9.59 Å². The van der Waals surface area contributed by atoms with E-state index in [1.165, 1.54) is 0 Å². The molecule has 0 saturated heterocycles. The molecular formula is C11H20O3. The minimum absolute atomic E-state index is 0.0772. The molecule has 0 radical (unpaired) electrons. The predicted octanol–water partition coefficient (Wildman–Crippen LogP) is 2.49. The fourth-order valence-electron chi connectivity index (χ4n) is 1.27. The average molecular weight is 200 g/mol. The van der Waals surface area contributed by atoms with Crippen molar-refractivity contribution in [3.05, 3.63) is 0 Å². The third kappa shape index (κ3) is 4.40. The van der Waals surface area contributed by atoms with Crippen LogP contribution in [0, 0.1) is 11.8 Å². The fourth-order valence-corrected chi connectivity index (χ4v) is 1.27. The van der Waals surface area contributed by atoms with E-state index in [0.29, 0.717) is 6.42 Å². The largest absolute Gasteiger partial charge is 0.481 e. The lowest BCUT2D eigenvalue weighted by atomic mass is 9.89. The first-order valence-electron chi connectivity index (χ1n) is 5.26. The Morgan fingerprint density at radius 2 is 1.71 bits per heavy atom. The Balaban J connectivity index is 3.92. The van der Waals surface area contributed by atoms with E-state index in [1.807, 2.05) is 0 Å². The summed E-state index contributed by atoms with van der Waals surface area (Å²) in [7, 11) is 0. The molecule has 0 amide bonds. The maximum absolute atomic E-state index is 11.5. The van der Waals surface area contributed by atoms with Crippen LogP contribution in [0.3, 0.4) is 0 Å². The Morgan fingerprint density at radius 3 is 2.14 bits per heavy atom. The Morgan fingerprint density at radius 1 is 1.14 bits per heavy atom. The van der Waals surface area contributed by atoms with Crippen molar-refractivity contribution >= 4 is 11.8 Å². The van der Waals surface area contributed by atoms with Crippen molar-refractivity contribution in [3.8, 4) is 0 Å². The molecule has 0 aliphatic heterocycles. The van der Waals surface area contributed by atoms with Gasteiger partial charge in [-0.15, -0.1) is 0 Å². The molecule has 0 bridgehead atoms. The average Bonchev–Trinajstić information content (AvgIpc) is 2.15. The zero-order chi connectivity index (χ0) is 11.1. The summed E-state index contributed by atoms with van der Waals surface area (Å²) in [5, 5.41) is 8.72. The zero-order valence-corrected chi connectivity index (χ0v) is 9.25. The number of Topliss-reactive ketones (excluding diaryl/α,β-unsaturated/α-hetero) is 1. The molecule has 0 rings (SSSR count). The third-order valence-corrected chi connectivity index (χ3v) is 2.67. The van der Waals surface area contributed by atoms with Gasteiger partial charge in [0.05, 0.1) is 5.92 Å². The second kappa shape index (κ2) is 6.57. The van der Waals surface area contributed by atoms with E-state index in [-0.39, 0.29) is 11.7 Å². The summed E-state index contributed by atoms with van der Waals surface area (Å²) in [5.74, 6) is -1.73. The van der Waals surface area contributed by atoms with Gasteiger partial charge in [0.15, 0.2) is 0 Å². The van der Waals surface area contributed by atoms with Crippen molar-refractivity contribution in [3.63, 3.8) is 0 Å². The smallest absolute Gasteiger partial charge is 0.306 e. The second-order valence-corrected chi connectivity index (χ2v) is 3.84. The summed E-state index contributed by atoms with van der Waals surface area (Å²) in [6.45, 7) is 5.37. The molecule has 0 aliphatic rings. The standard InChI is InChI=1S/C11H20O3/c1-4-5-6-7-10(12)8(2)9(3)11(13)14/h8-9H,4-7H2,1-3H3,(H,13,14). The van der Waals surface area contributed by atoms with Crippen LogP contribution >= 0.6 is 0 Å². The molecule has 2 atom stereocenters. The predicted molar refractivity (Wildman–Crippen MR) is 55.1 cm³/mol. The van der Waals surface area contributed by atoms with Gasteiger partial charge in [-0.25, -0.2) is 0 Å². The summed E-state index contributed by atoms with van der Waals surface area (Å²) in [6.07, 6.45) is 3.52. The van der Waals surface area contributed by atoms with Gasteiger partial charge in [-0.1, -0.05) is 33.6 Å². The minimum atomic E-state index is -0.888. The van der Waals surface area contributed by atoms with E-state index in [0.717, 1.165) is 19.3 Å². The molecule has 3 nitrogen and oxygen atoms in total. The number of rotatable bonds is 7. The van der Waals surface area contributed by atoms with Crippen LogP contribution in [-0.4, -0.2) is 16.9 Å². The summed E-state index contributed by atoms with van der Waals surface area (Å²) in [6, 6.07) is 0. The van der Waals surface area contributed by atoms with E-state index in [2.05, 4.69) is 6.92 Å². The highest BCUT2D eigenvalue weighted by Crippen LogP contribution is 2.15. The molecule has 0 spiro atoms. The van der Waals surface area contributed by atoms with Crippen LogP contribution in [0.15, 0.2) is 0 Å². The summed E-state index contributed by atoms with van der Waals surface area (Å²) < 4.78 is 0. The molecule has 0 fully saturated rings. The lowest BCUT2D eigenvalue weighted by Crippen LogP contribution is -2.25.